The molecule has 18 heavy (non-hydrogen) atoms. The molecule has 1 aliphatic carbocycles. The normalized spacial score (nSPS) is 24.3. The first-order valence-electron chi connectivity index (χ1n) is 5.91. The van der Waals surface area contributed by atoms with E-state index >= 15 is 0 Å². The van der Waals surface area contributed by atoms with Crippen LogP contribution in [0.4, 0.5) is 0 Å². The molecule has 0 saturated heterocycles. The minimum atomic E-state index is -3.50. The number of aliphatic hydroxyl groups excluding tert-OH is 1. The molecule has 0 heterocycles. The van der Waals surface area contributed by atoms with Crippen LogP contribution in [0.25, 0.3) is 0 Å². The third-order valence-corrected chi connectivity index (χ3v) is 5.29. The number of hydrogen-bond acceptors (Lipinski definition) is 3. The zero-order chi connectivity index (χ0) is 13.2. The summed E-state index contributed by atoms with van der Waals surface area (Å²) in [5, 5.41) is 9.21. The predicted molar refractivity (Wildman–Crippen MR) is 72.7 cm³/mol. The van der Waals surface area contributed by atoms with Gasteiger partial charge in [0, 0.05) is 17.1 Å². The molecule has 0 radical (unpaired) electrons. The van der Waals surface area contributed by atoms with E-state index in [1.807, 2.05) is 0 Å². The Bertz CT molecular complexity index is 518. The van der Waals surface area contributed by atoms with E-state index in [-0.39, 0.29) is 23.5 Å². The number of sulfonamides is 1. The van der Waals surface area contributed by atoms with E-state index in [1.165, 1.54) is 0 Å². The Morgan fingerprint density at radius 2 is 2.17 bits per heavy atom. The van der Waals surface area contributed by atoms with Crippen molar-refractivity contribution in [2.45, 2.75) is 30.2 Å². The molecule has 1 aliphatic rings. The smallest absolute Gasteiger partial charge is 0.240 e. The standard InChI is InChI=1S/C12H16BrNO3S/c13-10-4-2-5-11(7-10)18(16,17)14-12-6-1-3-9(12)8-15/h2,4-5,7,9,12,14-15H,1,3,6,8H2. The van der Waals surface area contributed by atoms with Crippen LogP contribution in [0.1, 0.15) is 19.3 Å². The van der Waals surface area contributed by atoms with Gasteiger partial charge < -0.3 is 5.11 Å². The minimum absolute atomic E-state index is 0.0334. The van der Waals surface area contributed by atoms with Gasteiger partial charge in [0.15, 0.2) is 0 Å². The molecule has 2 N–H and O–H groups in total. The highest BCUT2D eigenvalue weighted by Crippen LogP contribution is 2.27. The molecule has 1 aromatic carbocycles. The Morgan fingerprint density at radius 3 is 2.83 bits per heavy atom. The van der Waals surface area contributed by atoms with E-state index in [4.69, 9.17) is 0 Å². The molecule has 0 aliphatic heterocycles. The van der Waals surface area contributed by atoms with E-state index in [0.717, 1.165) is 23.7 Å². The SMILES string of the molecule is O=S(=O)(NC1CCCC1CO)c1cccc(Br)c1. The lowest BCUT2D eigenvalue weighted by Crippen LogP contribution is -2.38. The Kier molecular flexibility index (Phi) is 4.42. The van der Waals surface area contributed by atoms with Crippen molar-refractivity contribution in [3.8, 4) is 0 Å². The molecule has 0 aromatic heterocycles. The highest BCUT2D eigenvalue weighted by atomic mass is 79.9. The van der Waals surface area contributed by atoms with Gasteiger partial charge in [-0.1, -0.05) is 28.4 Å². The van der Waals surface area contributed by atoms with Gasteiger partial charge in [-0.3, -0.25) is 0 Å². The molecule has 2 unspecified atom stereocenters. The first-order valence-corrected chi connectivity index (χ1v) is 8.19. The zero-order valence-electron chi connectivity index (χ0n) is 9.84. The maximum atomic E-state index is 12.2. The van der Waals surface area contributed by atoms with Gasteiger partial charge in [-0.15, -0.1) is 0 Å². The summed E-state index contributed by atoms with van der Waals surface area (Å²) >= 11 is 3.26. The molecule has 0 spiro atoms. The van der Waals surface area contributed by atoms with Crippen molar-refractivity contribution in [1.29, 1.82) is 0 Å². The second kappa shape index (κ2) is 5.69. The first kappa shape index (κ1) is 14.0. The number of nitrogens with one attached hydrogen (secondary N) is 1. The molecule has 100 valence electrons. The number of benzene rings is 1. The van der Waals surface area contributed by atoms with Crippen LogP contribution >= 0.6 is 15.9 Å². The second-order valence-corrected chi connectivity index (χ2v) is 7.19. The minimum Gasteiger partial charge on any atom is -0.396 e. The summed E-state index contributed by atoms with van der Waals surface area (Å²) in [7, 11) is -3.50. The zero-order valence-corrected chi connectivity index (χ0v) is 12.2. The number of rotatable bonds is 4. The van der Waals surface area contributed by atoms with Crippen LogP contribution < -0.4 is 4.72 Å². The molecular weight excluding hydrogens is 318 g/mol. The van der Waals surface area contributed by atoms with Crippen molar-refractivity contribution >= 4 is 26.0 Å². The maximum Gasteiger partial charge on any atom is 0.240 e. The summed E-state index contributed by atoms with van der Waals surface area (Å²) in [6, 6.07) is 6.46. The molecule has 6 heteroatoms. The molecule has 1 fully saturated rings. The number of aliphatic hydroxyl groups is 1. The largest absolute Gasteiger partial charge is 0.396 e. The Labute approximate surface area is 116 Å². The summed E-state index contributed by atoms with van der Waals surface area (Å²) in [4.78, 5) is 0.250. The Hall–Kier alpha value is -0.430. The van der Waals surface area contributed by atoms with Gasteiger partial charge in [0.25, 0.3) is 0 Å². The van der Waals surface area contributed by atoms with Gasteiger partial charge in [-0.05, 0) is 37.0 Å². The van der Waals surface area contributed by atoms with Crippen LogP contribution in [0.2, 0.25) is 0 Å². The molecule has 1 saturated carbocycles. The van der Waals surface area contributed by atoms with Gasteiger partial charge >= 0.3 is 0 Å². The summed E-state index contributed by atoms with van der Waals surface area (Å²) in [6.45, 7) is 0.0334. The van der Waals surface area contributed by atoms with E-state index in [9.17, 15) is 13.5 Å². The van der Waals surface area contributed by atoms with Gasteiger partial charge in [-0.2, -0.15) is 0 Å². The topological polar surface area (TPSA) is 66.4 Å². The molecule has 4 nitrogen and oxygen atoms in total. The summed E-state index contributed by atoms with van der Waals surface area (Å²) in [6.07, 6.45) is 2.62. The highest BCUT2D eigenvalue weighted by molar-refractivity contribution is 9.10. The van der Waals surface area contributed by atoms with Gasteiger partial charge in [-0.25, -0.2) is 13.1 Å². The van der Waals surface area contributed by atoms with Crippen LogP contribution in [-0.4, -0.2) is 26.2 Å². The number of halogens is 1. The first-order chi connectivity index (χ1) is 8.53. The van der Waals surface area contributed by atoms with Crippen molar-refractivity contribution in [2.75, 3.05) is 6.61 Å². The second-order valence-electron chi connectivity index (χ2n) is 4.56. The quantitative estimate of drug-likeness (QED) is 0.884. The lowest BCUT2D eigenvalue weighted by molar-refractivity contribution is 0.213. The van der Waals surface area contributed by atoms with Crippen molar-refractivity contribution in [2.24, 2.45) is 5.92 Å². The van der Waals surface area contributed by atoms with Crippen LogP contribution in [0, 0.1) is 5.92 Å². The number of hydrogen-bond donors (Lipinski definition) is 2. The van der Waals surface area contributed by atoms with E-state index in [2.05, 4.69) is 20.7 Å². The third kappa shape index (κ3) is 3.12. The van der Waals surface area contributed by atoms with E-state index in [1.54, 1.807) is 24.3 Å². The highest BCUT2D eigenvalue weighted by Gasteiger charge is 2.30. The van der Waals surface area contributed by atoms with Crippen LogP contribution in [0.15, 0.2) is 33.6 Å². The fraction of sp³-hybridized carbons (Fsp3) is 0.500. The van der Waals surface area contributed by atoms with Gasteiger partial charge in [0.2, 0.25) is 10.0 Å². The van der Waals surface area contributed by atoms with E-state index < -0.39 is 10.0 Å². The fourth-order valence-corrected chi connectivity index (χ4v) is 4.25. The molecule has 1 aromatic rings. The maximum absolute atomic E-state index is 12.2. The Morgan fingerprint density at radius 1 is 1.39 bits per heavy atom. The van der Waals surface area contributed by atoms with Gasteiger partial charge in [0.1, 0.15) is 0 Å². The van der Waals surface area contributed by atoms with Crippen molar-refractivity contribution in [3.63, 3.8) is 0 Å². The lowest BCUT2D eigenvalue weighted by Gasteiger charge is -2.19. The van der Waals surface area contributed by atoms with Crippen LogP contribution in [0.3, 0.4) is 0 Å². The lowest BCUT2D eigenvalue weighted by atomic mass is 10.1. The molecule has 0 amide bonds. The molecule has 0 bridgehead atoms. The average Bonchev–Trinajstić information content (AvgIpc) is 2.75. The van der Waals surface area contributed by atoms with Crippen molar-refractivity contribution < 1.29 is 13.5 Å². The van der Waals surface area contributed by atoms with Crippen LogP contribution in [-0.2, 0) is 10.0 Å². The third-order valence-electron chi connectivity index (χ3n) is 3.31. The van der Waals surface area contributed by atoms with Crippen molar-refractivity contribution in [1.82, 2.24) is 4.72 Å². The average molecular weight is 334 g/mol. The van der Waals surface area contributed by atoms with Crippen LogP contribution in [0.5, 0.6) is 0 Å². The van der Waals surface area contributed by atoms with Crippen molar-refractivity contribution in [3.05, 3.63) is 28.7 Å². The monoisotopic (exact) mass is 333 g/mol. The summed E-state index contributed by atoms with van der Waals surface area (Å²) in [5.41, 5.74) is 0. The van der Waals surface area contributed by atoms with Gasteiger partial charge in [0.05, 0.1) is 4.90 Å². The Balaban J connectivity index is 2.17. The summed E-state index contributed by atoms with van der Waals surface area (Å²) < 4.78 is 27.8. The summed E-state index contributed by atoms with van der Waals surface area (Å²) in [5.74, 6) is 0.0342. The van der Waals surface area contributed by atoms with E-state index in [0.29, 0.717) is 0 Å². The fourth-order valence-electron chi connectivity index (χ4n) is 2.31. The molecular formula is C12H16BrNO3S. The molecule has 2 rings (SSSR count). The predicted octanol–water partition coefficient (Wildman–Crippen LogP) is 1.89. The molecule has 2 atom stereocenters.